The van der Waals surface area contributed by atoms with E-state index in [4.69, 9.17) is 11.6 Å². The summed E-state index contributed by atoms with van der Waals surface area (Å²) < 4.78 is 27.1. The standard InChI is InChI=1S/C14H21ClN2O3S2/c1-2-3-4-5-13(18)16-8-10-17(11-9-16)22(19,20)14-7-6-12(15)21-14/h6-7H,2-5,8-11H2,1H3. The molecule has 0 atom stereocenters. The number of thiophene rings is 1. The number of carbonyl (C=O) groups is 1. The molecule has 1 amide bonds. The summed E-state index contributed by atoms with van der Waals surface area (Å²) in [6.07, 6.45) is 3.60. The van der Waals surface area contributed by atoms with Crippen LogP contribution in [-0.4, -0.2) is 49.7 Å². The Morgan fingerprint density at radius 3 is 2.45 bits per heavy atom. The van der Waals surface area contributed by atoms with E-state index in [-0.39, 0.29) is 10.1 Å². The summed E-state index contributed by atoms with van der Waals surface area (Å²) in [5, 5.41) is 0. The first kappa shape index (κ1) is 17.7. The van der Waals surface area contributed by atoms with Crippen LogP contribution in [0.1, 0.15) is 32.6 Å². The Bertz CT molecular complexity index is 607. The van der Waals surface area contributed by atoms with Gasteiger partial charge in [-0.3, -0.25) is 4.79 Å². The van der Waals surface area contributed by atoms with Crippen LogP contribution < -0.4 is 0 Å². The zero-order valence-electron chi connectivity index (χ0n) is 12.6. The molecule has 0 aliphatic carbocycles. The second kappa shape index (κ2) is 7.77. The van der Waals surface area contributed by atoms with Crippen molar-refractivity contribution in [1.82, 2.24) is 9.21 Å². The van der Waals surface area contributed by atoms with Gasteiger partial charge in [0, 0.05) is 32.6 Å². The van der Waals surface area contributed by atoms with E-state index >= 15 is 0 Å². The molecular weight excluding hydrogens is 344 g/mol. The molecular formula is C14H21ClN2O3S2. The first-order valence-corrected chi connectivity index (χ1v) is 10.1. The first-order chi connectivity index (χ1) is 10.4. The van der Waals surface area contributed by atoms with E-state index in [0.717, 1.165) is 30.6 Å². The molecule has 0 bridgehead atoms. The van der Waals surface area contributed by atoms with Crippen LogP contribution in [0, 0.1) is 0 Å². The Morgan fingerprint density at radius 1 is 1.23 bits per heavy atom. The maximum atomic E-state index is 12.5. The van der Waals surface area contributed by atoms with Gasteiger partial charge in [-0.25, -0.2) is 8.42 Å². The summed E-state index contributed by atoms with van der Waals surface area (Å²) in [6, 6.07) is 3.12. The Kier molecular flexibility index (Phi) is 6.26. The molecule has 0 N–H and O–H groups in total. The van der Waals surface area contributed by atoms with Crippen molar-refractivity contribution in [3.8, 4) is 0 Å². The number of piperazine rings is 1. The molecule has 0 unspecified atom stereocenters. The minimum Gasteiger partial charge on any atom is -0.340 e. The molecule has 0 aromatic carbocycles. The largest absolute Gasteiger partial charge is 0.340 e. The van der Waals surface area contributed by atoms with E-state index in [2.05, 4.69) is 6.92 Å². The number of halogens is 1. The molecule has 1 aromatic heterocycles. The van der Waals surface area contributed by atoms with Crippen molar-refractivity contribution in [3.05, 3.63) is 16.5 Å². The second-order valence-electron chi connectivity index (χ2n) is 5.30. The fourth-order valence-electron chi connectivity index (χ4n) is 2.43. The lowest BCUT2D eigenvalue weighted by Gasteiger charge is -2.33. The third kappa shape index (κ3) is 4.22. The molecule has 0 saturated carbocycles. The lowest BCUT2D eigenvalue weighted by molar-refractivity contribution is -0.132. The number of carbonyl (C=O) groups excluding carboxylic acids is 1. The predicted octanol–water partition coefficient (Wildman–Crippen LogP) is 2.81. The van der Waals surface area contributed by atoms with Crippen molar-refractivity contribution in [1.29, 1.82) is 0 Å². The van der Waals surface area contributed by atoms with Crippen LogP contribution in [0.15, 0.2) is 16.3 Å². The van der Waals surface area contributed by atoms with E-state index in [1.807, 2.05) is 0 Å². The van der Waals surface area contributed by atoms with E-state index in [1.165, 1.54) is 10.4 Å². The van der Waals surface area contributed by atoms with Gasteiger partial charge >= 0.3 is 0 Å². The van der Waals surface area contributed by atoms with Crippen molar-refractivity contribution in [2.24, 2.45) is 0 Å². The van der Waals surface area contributed by atoms with Crippen LogP contribution in [0.25, 0.3) is 0 Å². The Labute approximate surface area is 140 Å². The number of nitrogens with zero attached hydrogens (tertiary/aromatic N) is 2. The van der Waals surface area contributed by atoms with Gasteiger partial charge < -0.3 is 4.90 Å². The average molecular weight is 365 g/mol. The van der Waals surface area contributed by atoms with Gasteiger partial charge in [0.15, 0.2) is 0 Å². The highest BCUT2D eigenvalue weighted by molar-refractivity contribution is 7.91. The van der Waals surface area contributed by atoms with Crippen molar-refractivity contribution in [2.75, 3.05) is 26.2 Å². The average Bonchev–Trinajstić information content (AvgIpc) is 2.95. The second-order valence-corrected chi connectivity index (χ2v) is 9.18. The molecule has 2 heterocycles. The zero-order chi connectivity index (χ0) is 16.2. The fraction of sp³-hybridized carbons (Fsp3) is 0.643. The van der Waals surface area contributed by atoms with Gasteiger partial charge in [-0.05, 0) is 18.6 Å². The molecule has 2 rings (SSSR count). The van der Waals surface area contributed by atoms with Gasteiger partial charge in [-0.1, -0.05) is 31.4 Å². The summed E-state index contributed by atoms with van der Waals surface area (Å²) in [7, 11) is -3.48. The third-order valence-electron chi connectivity index (χ3n) is 3.73. The highest BCUT2D eigenvalue weighted by atomic mass is 35.5. The van der Waals surface area contributed by atoms with Crippen molar-refractivity contribution < 1.29 is 13.2 Å². The molecule has 0 radical (unpaired) electrons. The molecule has 8 heteroatoms. The Hall–Kier alpha value is -0.630. The molecule has 1 aromatic rings. The van der Waals surface area contributed by atoms with Gasteiger partial charge in [-0.2, -0.15) is 4.31 Å². The number of rotatable bonds is 6. The van der Waals surface area contributed by atoms with Crippen LogP contribution in [0.3, 0.4) is 0 Å². The minimum absolute atomic E-state index is 0.129. The molecule has 0 spiro atoms. The molecule has 1 fully saturated rings. The third-order valence-corrected chi connectivity index (χ3v) is 7.33. The smallest absolute Gasteiger partial charge is 0.252 e. The van der Waals surface area contributed by atoms with E-state index < -0.39 is 10.0 Å². The summed E-state index contributed by atoms with van der Waals surface area (Å²) in [5.41, 5.74) is 0. The maximum Gasteiger partial charge on any atom is 0.252 e. The summed E-state index contributed by atoms with van der Waals surface area (Å²) in [6.45, 7) is 3.71. The first-order valence-electron chi connectivity index (χ1n) is 7.48. The highest BCUT2D eigenvalue weighted by Gasteiger charge is 2.30. The van der Waals surface area contributed by atoms with Gasteiger partial charge in [-0.15, -0.1) is 11.3 Å². The van der Waals surface area contributed by atoms with Crippen LogP contribution in [-0.2, 0) is 14.8 Å². The van der Waals surface area contributed by atoms with Gasteiger partial charge in [0.05, 0.1) is 4.34 Å². The predicted molar refractivity (Wildman–Crippen MR) is 88.8 cm³/mol. The molecule has 5 nitrogen and oxygen atoms in total. The van der Waals surface area contributed by atoms with Gasteiger partial charge in [0.1, 0.15) is 4.21 Å². The molecule has 1 saturated heterocycles. The van der Waals surface area contributed by atoms with Crippen molar-refractivity contribution >= 4 is 38.9 Å². The van der Waals surface area contributed by atoms with E-state index in [1.54, 1.807) is 11.0 Å². The van der Waals surface area contributed by atoms with Crippen LogP contribution in [0.5, 0.6) is 0 Å². The Morgan fingerprint density at radius 2 is 1.91 bits per heavy atom. The van der Waals surface area contributed by atoms with Crippen LogP contribution >= 0.6 is 22.9 Å². The zero-order valence-corrected chi connectivity index (χ0v) is 15.0. The highest BCUT2D eigenvalue weighted by Crippen LogP contribution is 2.28. The fourth-order valence-corrected chi connectivity index (χ4v) is 5.49. The van der Waals surface area contributed by atoms with E-state index in [0.29, 0.717) is 36.9 Å². The summed E-state index contributed by atoms with van der Waals surface area (Å²) in [5.74, 6) is 0.129. The van der Waals surface area contributed by atoms with E-state index in [9.17, 15) is 13.2 Å². The molecule has 22 heavy (non-hydrogen) atoms. The monoisotopic (exact) mass is 364 g/mol. The van der Waals surface area contributed by atoms with Gasteiger partial charge in [0.2, 0.25) is 5.91 Å². The van der Waals surface area contributed by atoms with Gasteiger partial charge in [0.25, 0.3) is 10.0 Å². The number of amides is 1. The normalized spacial score (nSPS) is 16.9. The lowest BCUT2D eigenvalue weighted by atomic mass is 10.2. The topological polar surface area (TPSA) is 57.7 Å². The van der Waals surface area contributed by atoms with Crippen LogP contribution in [0.4, 0.5) is 0 Å². The number of unbranched alkanes of at least 4 members (excludes halogenated alkanes) is 2. The van der Waals surface area contributed by atoms with Crippen molar-refractivity contribution in [3.63, 3.8) is 0 Å². The quantitative estimate of drug-likeness (QED) is 0.729. The number of hydrogen-bond donors (Lipinski definition) is 0. The lowest BCUT2D eigenvalue weighted by Crippen LogP contribution is -2.50. The van der Waals surface area contributed by atoms with Crippen molar-refractivity contribution in [2.45, 2.75) is 36.8 Å². The molecule has 1 aliphatic rings. The number of sulfonamides is 1. The molecule has 1 aliphatic heterocycles. The van der Waals surface area contributed by atoms with Crippen LogP contribution in [0.2, 0.25) is 4.34 Å². The maximum absolute atomic E-state index is 12.5. The number of hydrogen-bond acceptors (Lipinski definition) is 4. The SMILES string of the molecule is CCCCCC(=O)N1CCN(S(=O)(=O)c2ccc(Cl)s2)CC1. The Balaban J connectivity index is 1.90. The summed E-state index contributed by atoms with van der Waals surface area (Å²) >= 11 is 6.88. The minimum atomic E-state index is -3.48. The summed E-state index contributed by atoms with van der Waals surface area (Å²) in [4.78, 5) is 13.8. The molecule has 124 valence electrons.